The molecule has 0 aliphatic carbocycles. The molecule has 3 nitrogen and oxygen atoms in total. The minimum Gasteiger partial charge on any atom is -0.292 e. The molecule has 92 valence electrons. The monoisotopic (exact) mass is 240 g/mol. The van der Waals surface area contributed by atoms with Gasteiger partial charge in [0.2, 0.25) is 0 Å². The molecule has 0 aliphatic rings. The number of ketones is 1. The molecular weight excluding hydrogens is 224 g/mol. The third-order valence-corrected chi connectivity index (χ3v) is 3.05. The Labute approximate surface area is 107 Å². The van der Waals surface area contributed by atoms with Crippen molar-refractivity contribution in [1.29, 1.82) is 0 Å². The van der Waals surface area contributed by atoms with Crippen LogP contribution in [0.4, 0.5) is 0 Å². The Balaban J connectivity index is 2.24. The summed E-state index contributed by atoms with van der Waals surface area (Å²) in [7, 11) is 0. The Hall–Kier alpha value is -2.03. The topological polar surface area (TPSA) is 42.9 Å². The fraction of sp³-hybridized carbons (Fsp3) is 0.267. The molecule has 1 heterocycles. The lowest BCUT2D eigenvalue weighted by molar-refractivity contribution is 0.0987. The predicted molar refractivity (Wildman–Crippen MR) is 70.7 cm³/mol. The van der Waals surface area contributed by atoms with Crippen LogP contribution in [0.1, 0.15) is 32.9 Å². The van der Waals surface area contributed by atoms with E-state index in [1.165, 1.54) is 0 Å². The molecule has 0 amide bonds. The Kier molecular flexibility index (Phi) is 3.51. The highest BCUT2D eigenvalue weighted by Crippen LogP contribution is 2.15. The third-order valence-electron chi connectivity index (χ3n) is 3.05. The molecule has 0 saturated carbocycles. The normalized spacial score (nSPS) is 10.4. The quantitative estimate of drug-likeness (QED) is 0.775. The molecule has 2 rings (SSSR count). The van der Waals surface area contributed by atoms with E-state index in [0.717, 1.165) is 22.4 Å². The van der Waals surface area contributed by atoms with E-state index in [0.29, 0.717) is 12.1 Å². The summed E-state index contributed by atoms with van der Waals surface area (Å²) in [6, 6.07) is 6.05. The van der Waals surface area contributed by atoms with Gasteiger partial charge in [0.15, 0.2) is 5.78 Å². The number of carbonyl (C=O) groups is 1. The average Bonchev–Trinajstić information content (AvgIpc) is 2.34. The van der Waals surface area contributed by atoms with Crippen LogP contribution in [0.3, 0.4) is 0 Å². The molecule has 3 heteroatoms. The van der Waals surface area contributed by atoms with Crippen molar-refractivity contribution in [3.8, 4) is 0 Å². The van der Waals surface area contributed by atoms with Crippen molar-refractivity contribution < 1.29 is 4.79 Å². The summed E-state index contributed by atoms with van der Waals surface area (Å²) >= 11 is 0. The fourth-order valence-corrected chi connectivity index (χ4v) is 1.92. The molecule has 2 aromatic rings. The Morgan fingerprint density at radius 3 is 2.28 bits per heavy atom. The summed E-state index contributed by atoms with van der Waals surface area (Å²) in [6.45, 7) is 5.90. The molecule has 0 N–H and O–H groups in total. The van der Waals surface area contributed by atoms with Crippen LogP contribution in [0.25, 0.3) is 0 Å². The van der Waals surface area contributed by atoms with Gasteiger partial charge in [-0.3, -0.25) is 9.78 Å². The van der Waals surface area contributed by atoms with Crippen molar-refractivity contribution >= 4 is 5.78 Å². The predicted octanol–water partition coefficient (Wildman–Crippen LogP) is 2.83. The maximum Gasteiger partial charge on any atom is 0.187 e. The molecule has 0 spiro atoms. The Morgan fingerprint density at radius 2 is 1.72 bits per heavy atom. The second-order valence-electron chi connectivity index (χ2n) is 4.51. The summed E-state index contributed by atoms with van der Waals surface area (Å²) in [4.78, 5) is 20.4. The number of hydrogen-bond acceptors (Lipinski definition) is 3. The van der Waals surface area contributed by atoms with E-state index in [9.17, 15) is 4.79 Å². The zero-order valence-electron chi connectivity index (χ0n) is 10.9. The molecule has 0 radical (unpaired) electrons. The number of nitrogens with zero attached hydrogens (tertiary/aromatic N) is 2. The van der Waals surface area contributed by atoms with Crippen LogP contribution in [0, 0.1) is 20.8 Å². The van der Waals surface area contributed by atoms with E-state index >= 15 is 0 Å². The van der Waals surface area contributed by atoms with Crippen LogP contribution >= 0.6 is 0 Å². The molecule has 0 unspecified atom stereocenters. The van der Waals surface area contributed by atoms with Gasteiger partial charge in [-0.2, -0.15) is 0 Å². The number of hydrogen-bond donors (Lipinski definition) is 0. The molecule has 1 aromatic heterocycles. The first-order valence-electron chi connectivity index (χ1n) is 5.95. The highest BCUT2D eigenvalue weighted by Gasteiger charge is 2.12. The van der Waals surface area contributed by atoms with E-state index in [2.05, 4.69) is 9.97 Å². The first kappa shape index (κ1) is 12.4. The van der Waals surface area contributed by atoms with Gasteiger partial charge in [-0.15, -0.1) is 0 Å². The van der Waals surface area contributed by atoms with Gasteiger partial charge in [-0.05, 0) is 37.5 Å². The first-order valence-corrected chi connectivity index (χ1v) is 5.95. The molecule has 1 aromatic carbocycles. The fourth-order valence-electron chi connectivity index (χ4n) is 1.92. The van der Waals surface area contributed by atoms with Crippen LogP contribution in [0.5, 0.6) is 0 Å². The van der Waals surface area contributed by atoms with Gasteiger partial charge in [-0.25, -0.2) is 4.98 Å². The lowest BCUT2D eigenvalue weighted by Crippen LogP contribution is -2.09. The van der Waals surface area contributed by atoms with Gasteiger partial charge >= 0.3 is 0 Å². The molecular formula is C15H16N2O. The summed E-state index contributed by atoms with van der Waals surface area (Å²) in [6.07, 6.45) is 3.56. The lowest BCUT2D eigenvalue weighted by atomic mass is 9.97. The molecule has 0 bridgehead atoms. The average molecular weight is 240 g/mol. The largest absolute Gasteiger partial charge is 0.292 e. The van der Waals surface area contributed by atoms with Gasteiger partial charge < -0.3 is 0 Å². The van der Waals surface area contributed by atoms with Crippen molar-refractivity contribution in [3.05, 3.63) is 58.7 Å². The van der Waals surface area contributed by atoms with E-state index in [1.807, 2.05) is 39.0 Å². The zero-order chi connectivity index (χ0) is 13.1. The molecule has 0 fully saturated rings. The number of carbonyl (C=O) groups excluding carboxylic acids is 1. The van der Waals surface area contributed by atoms with Crippen molar-refractivity contribution in [3.63, 3.8) is 0 Å². The van der Waals surface area contributed by atoms with Crippen LogP contribution in [0.15, 0.2) is 30.6 Å². The van der Waals surface area contributed by atoms with Gasteiger partial charge in [0.05, 0.1) is 11.9 Å². The number of aromatic nitrogens is 2. The maximum atomic E-state index is 12.1. The summed E-state index contributed by atoms with van der Waals surface area (Å²) in [5.74, 6) is 0.0138. The van der Waals surface area contributed by atoms with Crippen LogP contribution in [-0.4, -0.2) is 15.8 Å². The zero-order valence-corrected chi connectivity index (χ0v) is 10.9. The second-order valence-corrected chi connectivity index (χ2v) is 4.51. The van der Waals surface area contributed by atoms with Gasteiger partial charge in [0, 0.05) is 12.6 Å². The smallest absolute Gasteiger partial charge is 0.187 e. The number of aryl methyl sites for hydroxylation is 3. The minimum atomic E-state index is 0.0138. The van der Waals surface area contributed by atoms with E-state index in [1.54, 1.807) is 12.4 Å². The molecule has 18 heavy (non-hydrogen) atoms. The Morgan fingerprint density at radius 1 is 1.06 bits per heavy atom. The minimum absolute atomic E-state index is 0.0138. The van der Waals surface area contributed by atoms with E-state index in [4.69, 9.17) is 0 Å². The highest BCUT2D eigenvalue weighted by molar-refractivity contribution is 5.95. The summed E-state index contributed by atoms with van der Waals surface area (Å²) in [5, 5.41) is 0. The molecule has 0 saturated heterocycles. The summed E-state index contributed by atoms with van der Waals surface area (Å²) in [5.41, 5.74) is 4.62. The van der Waals surface area contributed by atoms with Gasteiger partial charge in [0.1, 0.15) is 5.69 Å². The van der Waals surface area contributed by atoms with E-state index in [-0.39, 0.29) is 5.78 Å². The number of Topliss-reactive ketones (excluding diaryl/α,β-unsaturated/α-hetero) is 1. The van der Waals surface area contributed by atoms with Crippen LogP contribution in [-0.2, 0) is 6.42 Å². The number of benzene rings is 1. The molecule has 0 atom stereocenters. The Bertz CT molecular complexity index is 553. The lowest BCUT2D eigenvalue weighted by Gasteiger charge is -2.08. The van der Waals surface area contributed by atoms with Crippen LogP contribution in [0.2, 0.25) is 0 Å². The van der Waals surface area contributed by atoms with E-state index < -0.39 is 0 Å². The number of rotatable bonds is 3. The maximum absolute atomic E-state index is 12.1. The van der Waals surface area contributed by atoms with Crippen molar-refractivity contribution in [1.82, 2.24) is 9.97 Å². The van der Waals surface area contributed by atoms with Crippen LogP contribution < -0.4 is 0 Å². The standard InChI is InChI=1S/C15H16N2O/c1-10-5-4-6-11(2)13(10)7-15(18)14-9-16-12(3)8-17-14/h4-6,8-9H,7H2,1-3H3. The summed E-state index contributed by atoms with van der Waals surface area (Å²) < 4.78 is 0. The van der Waals surface area contributed by atoms with Crippen molar-refractivity contribution in [2.75, 3.05) is 0 Å². The third kappa shape index (κ3) is 2.62. The van der Waals surface area contributed by atoms with Gasteiger partial charge in [0.25, 0.3) is 0 Å². The van der Waals surface area contributed by atoms with Gasteiger partial charge in [-0.1, -0.05) is 18.2 Å². The SMILES string of the molecule is Cc1cnc(C(=O)Cc2c(C)cccc2C)cn1. The molecule has 0 aliphatic heterocycles. The van der Waals surface area contributed by atoms with Crippen molar-refractivity contribution in [2.45, 2.75) is 27.2 Å². The van der Waals surface area contributed by atoms with Crippen molar-refractivity contribution in [2.24, 2.45) is 0 Å². The second kappa shape index (κ2) is 5.08. The highest BCUT2D eigenvalue weighted by atomic mass is 16.1. The first-order chi connectivity index (χ1) is 8.58.